The van der Waals surface area contributed by atoms with E-state index in [2.05, 4.69) is 203 Å². The summed E-state index contributed by atoms with van der Waals surface area (Å²) >= 11 is 0. The highest BCUT2D eigenvalue weighted by molar-refractivity contribution is 5.56. The zero-order valence-electron chi connectivity index (χ0n) is 95.9. The van der Waals surface area contributed by atoms with Crippen LogP contribution in [-0.2, 0) is 38.5 Å². The van der Waals surface area contributed by atoms with E-state index in [9.17, 15) is 30.6 Å². The Labute approximate surface area is 879 Å². The minimum Gasteiger partial charge on any atom is -0.508 e. The normalized spacial score (nSPS) is 24.7. The number of hydrogen-bond acceptors (Lipinski definition) is 12. The molecule has 6 aliphatic carbocycles. The van der Waals surface area contributed by atoms with Gasteiger partial charge in [0.05, 0.1) is 0 Å². The Morgan fingerprint density at radius 1 is 0.201 bits per heavy atom. The van der Waals surface area contributed by atoms with E-state index in [4.69, 9.17) is 28.4 Å². The van der Waals surface area contributed by atoms with Crippen molar-refractivity contribution in [2.75, 3.05) is 39.6 Å². The molecule has 810 valence electrons. The van der Waals surface area contributed by atoms with Gasteiger partial charge in [-0.2, -0.15) is 0 Å². The number of aryl methyl sites for hydroxylation is 6. The zero-order valence-corrected chi connectivity index (χ0v) is 95.9. The third-order valence-electron chi connectivity index (χ3n) is 35.6. The molecule has 6 saturated carbocycles. The monoisotopic (exact) mass is 1990 g/mol. The molecule has 12 rings (SSSR count). The van der Waals surface area contributed by atoms with E-state index in [-0.39, 0.29) is 0 Å². The van der Waals surface area contributed by atoms with E-state index in [1.807, 2.05) is 36.4 Å². The molecule has 6 N–H and O–H groups in total. The van der Waals surface area contributed by atoms with Crippen molar-refractivity contribution in [2.24, 2.45) is 107 Å². The average molecular weight is 1990 g/mol. The topological polar surface area (TPSA) is 177 Å². The largest absolute Gasteiger partial charge is 0.508 e. The maximum Gasteiger partial charge on any atom is 0.126 e. The fourth-order valence-electron chi connectivity index (χ4n) is 27.4. The SMILES string of the molecule is CCCCCc1cc(O)c([C@@H]2C[C@@H](C)CC[C@H]2C(C)C)c(OCCOc2cc(CCCCC)cc(O)c2[C@@H]2C[C@@H](C)CC[C@H]2C(C)C)c1.CCCCCc1cc(O)c([C@@H]2C[C@H](C)CC[C@H]2C(C)C)c(OCCOc2cc(CCCCC)cc(O)c2[C@@H]2C[C@@H](C)CC[C@H]2C(C)C)c1.CCCCCc1cc(O)c([C@@H]2C[C@H](C)CC[C@H]2C(C)C)c(OCCOc2cc(CCCCC)cc(O)c2[C@@H]2C[C@H](C)CC[C@H]2C(C)C)c1. The number of rotatable bonds is 51. The van der Waals surface area contributed by atoms with Gasteiger partial charge in [0, 0.05) is 33.4 Å². The van der Waals surface area contributed by atoms with E-state index in [0.29, 0.717) is 216 Å². The first kappa shape index (κ1) is 119. The fraction of sp³-hybridized carbons (Fsp3) is 0.727. The van der Waals surface area contributed by atoms with Crippen LogP contribution in [-0.4, -0.2) is 70.3 Å². The van der Waals surface area contributed by atoms with Gasteiger partial charge in [0.15, 0.2) is 0 Å². The minimum absolute atomic E-state index is 0.291. The molecule has 144 heavy (non-hydrogen) atoms. The van der Waals surface area contributed by atoms with Gasteiger partial charge in [-0.3, -0.25) is 0 Å². The molecule has 0 spiro atoms. The van der Waals surface area contributed by atoms with Crippen LogP contribution in [0.25, 0.3) is 0 Å². The Morgan fingerprint density at radius 3 is 0.451 bits per heavy atom. The standard InChI is InChI=1S/3C44H70O4/c3*1-9-11-13-15-33-25-39(45)43(37-23-31(7)17-19-35(37)29(3)4)41(27-33)47-21-22-48-42-28-34(16-14-12-10-2)26-40(46)44(42)38-24-32(8)18-20-36(38)30(5)6/h3*25-32,35-38,45-46H,9-24H2,1-8H3/t31-,32+,35-,36-,37+,38+;31-,32-,35+,36+,37-,38-;31-,32-,35-,36-,37+,38+/m010/s1. The van der Waals surface area contributed by atoms with Gasteiger partial charge in [0.1, 0.15) is 109 Å². The fourth-order valence-corrected chi connectivity index (χ4v) is 27.4. The lowest BCUT2D eigenvalue weighted by atomic mass is 9.67. The second-order valence-corrected chi connectivity index (χ2v) is 49.6. The van der Waals surface area contributed by atoms with Gasteiger partial charge >= 0.3 is 0 Å². The smallest absolute Gasteiger partial charge is 0.126 e. The summed E-state index contributed by atoms with van der Waals surface area (Å²) in [6.07, 6.45) is 47.8. The van der Waals surface area contributed by atoms with Crippen molar-refractivity contribution in [3.05, 3.63) is 140 Å². The zero-order chi connectivity index (χ0) is 104. The Kier molecular flexibility index (Phi) is 49.6. The van der Waals surface area contributed by atoms with Crippen molar-refractivity contribution in [1.29, 1.82) is 0 Å². The number of ether oxygens (including phenoxy) is 6. The molecule has 6 fully saturated rings. The first-order chi connectivity index (χ1) is 69.1. The highest BCUT2D eigenvalue weighted by atomic mass is 16.5. The molecule has 0 aromatic heterocycles. The van der Waals surface area contributed by atoms with Crippen molar-refractivity contribution < 1.29 is 59.1 Å². The maximum atomic E-state index is 11.6. The van der Waals surface area contributed by atoms with Gasteiger partial charge in [0.25, 0.3) is 0 Å². The lowest BCUT2D eigenvalue weighted by Gasteiger charge is -2.39. The molecule has 0 saturated heterocycles. The van der Waals surface area contributed by atoms with Crippen LogP contribution >= 0.6 is 0 Å². The Morgan fingerprint density at radius 2 is 0.333 bits per heavy atom. The quantitative estimate of drug-likeness (QED) is 0.0200. The van der Waals surface area contributed by atoms with E-state index in [1.165, 1.54) is 154 Å². The molecule has 12 nitrogen and oxygen atoms in total. The number of aromatic hydroxyl groups is 6. The van der Waals surface area contributed by atoms with Gasteiger partial charge in [-0.1, -0.05) is 282 Å². The number of hydrogen-bond donors (Lipinski definition) is 6. The van der Waals surface area contributed by atoms with Crippen molar-refractivity contribution >= 4 is 0 Å². The van der Waals surface area contributed by atoms with E-state index in [1.54, 1.807) is 0 Å². The highest BCUT2D eigenvalue weighted by Crippen LogP contribution is 2.58. The van der Waals surface area contributed by atoms with Gasteiger partial charge in [0.2, 0.25) is 0 Å². The lowest BCUT2D eigenvalue weighted by molar-refractivity contribution is 0.176. The third-order valence-corrected chi connectivity index (χ3v) is 35.6. The average Bonchev–Trinajstić information content (AvgIpc) is 0.813. The second kappa shape index (κ2) is 60.1. The summed E-state index contributed by atoms with van der Waals surface area (Å²) in [6, 6.07) is 25.4. The maximum absolute atomic E-state index is 11.6. The summed E-state index contributed by atoms with van der Waals surface area (Å²) < 4.78 is 39.9. The minimum atomic E-state index is 0.291. The highest BCUT2D eigenvalue weighted by Gasteiger charge is 2.43. The van der Waals surface area contributed by atoms with Gasteiger partial charge in [-0.15, -0.1) is 0 Å². The van der Waals surface area contributed by atoms with Crippen molar-refractivity contribution in [3.63, 3.8) is 0 Å². The summed E-state index contributed by atoms with van der Waals surface area (Å²) in [5.74, 6) is 19.5. The Hall–Kier alpha value is -7.08. The summed E-state index contributed by atoms with van der Waals surface area (Å²) in [7, 11) is 0. The first-order valence-corrected chi connectivity index (χ1v) is 60.0. The van der Waals surface area contributed by atoms with Crippen LogP contribution in [0.15, 0.2) is 72.8 Å². The molecule has 6 aliphatic rings. The summed E-state index contributed by atoms with van der Waals surface area (Å²) in [4.78, 5) is 0. The Bertz CT molecular complexity index is 3970. The number of benzene rings is 6. The molecule has 6 aromatic carbocycles. The molecule has 0 heterocycles. The molecular formula is C132H210O12. The van der Waals surface area contributed by atoms with Crippen molar-refractivity contribution in [1.82, 2.24) is 0 Å². The van der Waals surface area contributed by atoms with Gasteiger partial charge in [-0.05, 0) is 402 Å². The molecule has 0 unspecified atom stereocenters. The van der Waals surface area contributed by atoms with Gasteiger partial charge < -0.3 is 59.1 Å². The molecule has 6 aromatic rings. The Balaban J connectivity index is 0.000000222. The predicted octanol–water partition coefficient (Wildman–Crippen LogP) is 37.1. The molecule has 0 aliphatic heterocycles. The summed E-state index contributed by atoms with van der Waals surface area (Å²) in [5, 5.41) is 69.5. The molecule has 18 atom stereocenters. The van der Waals surface area contributed by atoms with E-state index in [0.717, 1.165) is 217 Å². The molecule has 0 amide bonds. The second-order valence-electron chi connectivity index (χ2n) is 49.6. The van der Waals surface area contributed by atoms with Crippen LogP contribution in [0.5, 0.6) is 69.0 Å². The predicted molar refractivity (Wildman–Crippen MR) is 605 cm³/mol. The van der Waals surface area contributed by atoms with E-state index >= 15 is 0 Å². The molecule has 12 heteroatoms. The van der Waals surface area contributed by atoms with Crippen molar-refractivity contribution in [3.8, 4) is 69.0 Å². The van der Waals surface area contributed by atoms with Crippen LogP contribution in [0, 0.1) is 107 Å². The molecule has 0 bridgehead atoms. The van der Waals surface area contributed by atoms with E-state index < -0.39 is 0 Å². The molecular weight excluding hydrogens is 1780 g/mol. The van der Waals surface area contributed by atoms with Gasteiger partial charge in [-0.25, -0.2) is 0 Å². The number of phenolic OH excluding ortho intramolecular Hbond substituents is 6. The van der Waals surface area contributed by atoms with Crippen LogP contribution in [0.4, 0.5) is 0 Å². The summed E-state index contributed by atoms with van der Waals surface area (Å²) in [5.41, 5.74) is 13.0. The number of phenols is 6. The third kappa shape index (κ3) is 34.2. The van der Waals surface area contributed by atoms with Crippen LogP contribution in [0.3, 0.4) is 0 Å². The first-order valence-electron chi connectivity index (χ1n) is 60.0. The number of unbranched alkanes of at least 4 members (excludes halogenated alkanes) is 12. The molecule has 0 radical (unpaired) electrons. The van der Waals surface area contributed by atoms with Crippen LogP contribution < -0.4 is 28.4 Å². The van der Waals surface area contributed by atoms with Crippen LogP contribution in [0.1, 0.15) is 500 Å². The van der Waals surface area contributed by atoms with Crippen molar-refractivity contribution in [2.45, 2.75) is 471 Å². The van der Waals surface area contributed by atoms with Crippen LogP contribution in [0.2, 0.25) is 0 Å². The summed E-state index contributed by atoms with van der Waals surface area (Å²) in [6.45, 7) is 57.9. The lowest BCUT2D eigenvalue weighted by Crippen LogP contribution is -2.27.